The molecule has 0 radical (unpaired) electrons. The van der Waals surface area contributed by atoms with Crippen molar-refractivity contribution in [1.29, 1.82) is 0 Å². The van der Waals surface area contributed by atoms with Gasteiger partial charge < -0.3 is 10.4 Å². The highest BCUT2D eigenvalue weighted by atomic mass is 16.3. The van der Waals surface area contributed by atoms with Gasteiger partial charge in [0.1, 0.15) is 0 Å². The van der Waals surface area contributed by atoms with E-state index < -0.39 is 0 Å². The van der Waals surface area contributed by atoms with Crippen molar-refractivity contribution in [3.05, 3.63) is 11.9 Å². The normalized spacial score (nSPS) is 12.0. The zero-order valence-corrected chi connectivity index (χ0v) is 9.69. The second kappa shape index (κ2) is 5.23. The molecule has 5 heteroatoms. The second-order valence-corrected chi connectivity index (χ2v) is 4.62. The van der Waals surface area contributed by atoms with Crippen molar-refractivity contribution in [3.63, 3.8) is 0 Å². The molecule has 1 aromatic heterocycles. The number of rotatable bonds is 6. The monoisotopic (exact) mass is 212 g/mol. The van der Waals surface area contributed by atoms with Crippen LogP contribution in [0.1, 0.15) is 26.0 Å². The zero-order valence-electron chi connectivity index (χ0n) is 9.69. The number of aromatic nitrogens is 3. The van der Waals surface area contributed by atoms with Crippen LogP contribution in [0.2, 0.25) is 0 Å². The topological polar surface area (TPSA) is 63.0 Å². The Morgan fingerprint density at radius 3 is 2.80 bits per heavy atom. The molecular weight excluding hydrogens is 192 g/mol. The summed E-state index contributed by atoms with van der Waals surface area (Å²) in [6.07, 6.45) is 2.70. The molecule has 0 atom stereocenters. The van der Waals surface area contributed by atoms with Gasteiger partial charge in [-0.15, -0.1) is 5.10 Å². The number of nitrogens with one attached hydrogen (secondary N) is 1. The first-order chi connectivity index (χ1) is 7.03. The molecule has 15 heavy (non-hydrogen) atoms. The van der Waals surface area contributed by atoms with E-state index in [0.717, 1.165) is 25.2 Å². The van der Waals surface area contributed by atoms with E-state index in [-0.39, 0.29) is 12.0 Å². The lowest BCUT2D eigenvalue weighted by Gasteiger charge is -2.23. The Morgan fingerprint density at radius 2 is 2.27 bits per heavy atom. The molecule has 0 aliphatic heterocycles. The van der Waals surface area contributed by atoms with E-state index in [1.165, 1.54) is 0 Å². The van der Waals surface area contributed by atoms with Gasteiger partial charge in [-0.2, -0.15) is 0 Å². The quantitative estimate of drug-likeness (QED) is 0.712. The molecule has 0 aromatic carbocycles. The molecule has 0 spiro atoms. The average Bonchev–Trinajstić information content (AvgIpc) is 2.51. The Morgan fingerprint density at radius 1 is 1.53 bits per heavy atom. The number of aliphatic hydroxyl groups excluding tert-OH is 1. The lowest BCUT2D eigenvalue weighted by Crippen LogP contribution is -2.30. The zero-order chi connectivity index (χ0) is 11.3. The van der Waals surface area contributed by atoms with Crippen LogP contribution in [0.15, 0.2) is 6.20 Å². The van der Waals surface area contributed by atoms with Crippen molar-refractivity contribution in [1.82, 2.24) is 20.3 Å². The SMILES string of the molecule is Cn1cc(CNCC(C)(C)CCO)nn1. The van der Waals surface area contributed by atoms with Gasteiger partial charge in [-0.05, 0) is 11.8 Å². The third-order valence-corrected chi connectivity index (χ3v) is 2.35. The van der Waals surface area contributed by atoms with E-state index in [2.05, 4.69) is 29.5 Å². The summed E-state index contributed by atoms with van der Waals surface area (Å²) in [6, 6.07) is 0. The first kappa shape index (κ1) is 12.1. The van der Waals surface area contributed by atoms with Crippen molar-refractivity contribution in [2.75, 3.05) is 13.2 Å². The molecule has 0 saturated carbocycles. The van der Waals surface area contributed by atoms with Gasteiger partial charge >= 0.3 is 0 Å². The summed E-state index contributed by atoms with van der Waals surface area (Å²) < 4.78 is 1.69. The standard InChI is InChI=1S/C10H20N4O/c1-10(2,4-5-15)8-11-6-9-7-14(3)13-12-9/h7,11,15H,4-6,8H2,1-3H3. The number of hydrogen-bond acceptors (Lipinski definition) is 4. The maximum absolute atomic E-state index is 8.87. The number of hydrogen-bond donors (Lipinski definition) is 2. The minimum Gasteiger partial charge on any atom is -0.396 e. The van der Waals surface area contributed by atoms with Crippen molar-refractivity contribution in [3.8, 4) is 0 Å². The predicted molar refractivity (Wildman–Crippen MR) is 58.2 cm³/mol. The van der Waals surface area contributed by atoms with E-state index in [0.29, 0.717) is 0 Å². The predicted octanol–water partition coefficient (Wildman–Crippen LogP) is 0.313. The molecular formula is C10H20N4O. The Hall–Kier alpha value is -0.940. The average molecular weight is 212 g/mol. The van der Waals surface area contributed by atoms with Crippen LogP contribution in [0.4, 0.5) is 0 Å². The van der Waals surface area contributed by atoms with Crippen molar-refractivity contribution in [2.45, 2.75) is 26.8 Å². The van der Waals surface area contributed by atoms with Crippen molar-refractivity contribution < 1.29 is 5.11 Å². The van der Waals surface area contributed by atoms with Gasteiger partial charge in [0.05, 0.1) is 5.69 Å². The first-order valence-corrected chi connectivity index (χ1v) is 5.20. The third kappa shape index (κ3) is 4.40. The van der Waals surface area contributed by atoms with Crippen LogP contribution in [0.25, 0.3) is 0 Å². The van der Waals surface area contributed by atoms with Crippen LogP contribution in [-0.2, 0) is 13.6 Å². The molecule has 0 aliphatic rings. The fraction of sp³-hybridized carbons (Fsp3) is 0.800. The summed E-state index contributed by atoms with van der Waals surface area (Å²) in [4.78, 5) is 0. The summed E-state index contributed by atoms with van der Waals surface area (Å²) in [5, 5.41) is 20.0. The van der Waals surface area contributed by atoms with Gasteiger partial charge in [0.15, 0.2) is 0 Å². The molecule has 5 nitrogen and oxygen atoms in total. The molecule has 86 valence electrons. The molecule has 1 heterocycles. The maximum Gasteiger partial charge on any atom is 0.0964 e. The summed E-state index contributed by atoms with van der Waals surface area (Å²) in [5.41, 5.74) is 1.06. The van der Waals surface area contributed by atoms with Crippen molar-refractivity contribution in [2.24, 2.45) is 12.5 Å². The van der Waals surface area contributed by atoms with E-state index in [1.807, 2.05) is 13.2 Å². The van der Waals surface area contributed by atoms with Gasteiger partial charge in [-0.3, -0.25) is 4.68 Å². The van der Waals surface area contributed by atoms with Gasteiger partial charge in [0, 0.05) is 32.9 Å². The fourth-order valence-electron chi connectivity index (χ4n) is 1.40. The number of nitrogens with zero attached hydrogens (tertiary/aromatic N) is 3. The molecule has 0 aliphatic carbocycles. The van der Waals surface area contributed by atoms with Gasteiger partial charge in [0.25, 0.3) is 0 Å². The molecule has 1 rings (SSSR count). The molecule has 0 unspecified atom stereocenters. The van der Waals surface area contributed by atoms with Crippen LogP contribution in [-0.4, -0.2) is 33.3 Å². The highest BCUT2D eigenvalue weighted by molar-refractivity contribution is 4.91. The minimum atomic E-state index is 0.122. The lowest BCUT2D eigenvalue weighted by molar-refractivity contribution is 0.207. The smallest absolute Gasteiger partial charge is 0.0964 e. The molecule has 0 bridgehead atoms. The van der Waals surface area contributed by atoms with Gasteiger partial charge in [0.2, 0.25) is 0 Å². The summed E-state index contributed by atoms with van der Waals surface area (Å²) >= 11 is 0. The van der Waals surface area contributed by atoms with Gasteiger partial charge in [-0.1, -0.05) is 19.1 Å². The summed E-state index contributed by atoms with van der Waals surface area (Å²) in [6.45, 7) is 6.09. The van der Waals surface area contributed by atoms with Crippen LogP contribution in [0, 0.1) is 5.41 Å². The molecule has 0 amide bonds. The minimum absolute atomic E-state index is 0.122. The largest absolute Gasteiger partial charge is 0.396 e. The van der Waals surface area contributed by atoms with Crippen LogP contribution in [0.5, 0.6) is 0 Å². The lowest BCUT2D eigenvalue weighted by atomic mass is 9.90. The second-order valence-electron chi connectivity index (χ2n) is 4.62. The first-order valence-electron chi connectivity index (χ1n) is 5.20. The van der Waals surface area contributed by atoms with Crippen LogP contribution in [0.3, 0.4) is 0 Å². The summed E-state index contributed by atoms with van der Waals surface area (Å²) in [5.74, 6) is 0. The van der Waals surface area contributed by atoms with E-state index in [4.69, 9.17) is 5.11 Å². The Balaban J connectivity index is 2.27. The molecule has 0 saturated heterocycles. The Labute approximate surface area is 90.5 Å². The Kier molecular flexibility index (Phi) is 4.23. The third-order valence-electron chi connectivity index (χ3n) is 2.35. The number of aliphatic hydroxyl groups is 1. The Bertz CT molecular complexity index is 295. The molecule has 1 aromatic rings. The van der Waals surface area contributed by atoms with Crippen LogP contribution >= 0.6 is 0 Å². The summed E-state index contributed by atoms with van der Waals surface area (Å²) in [7, 11) is 1.85. The maximum atomic E-state index is 8.87. The van der Waals surface area contributed by atoms with E-state index in [1.54, 1.807) is 4.68 Å². The fourth-order valence-corrected chi connectivity index (χ4v) is 1.40. The highest BCUT2D eigenvalue weighted by Crippen LogP contribution is 2.17. The van der Waals surface area contributed by atoms with E-state index >= 15 is 0 Å². The van der Waals surface area contributed by atoms with E-state index in [9.17, 15) is 0 Å². The van der Waals surface area contributed by atoms with Crippen LogP contribution < -0.4 is 5.32 Å². The highest BCUT2D eigenvalue weighted by Gasteiger charge is 2.16. The van der Waals surface area contributed by atoms with Crippen molar-refractivity contribution >= 4 is 0 Å². The number of aryl methyl sites for hydroxylation is 1. The molecule has 2 N–H and O–H groups in total. The van der Waals surface area contributed by atoms with Gasteiger partial charge in [-0.25, -0.2) is 0 Å². The molecule has 0 fully saturated rings.